The molecule has 0 aliphatic carbocycles. The Kier molecular flexibility index (Phi) is 4.53. The molecule has 0 unspecified atom stereocenters. The summed E-state index contributed by atoms with van der Waals surface area (Å²) in [5.74, 6) is -1.78. The third kappa shape index (κ3) is 3.23. The smallest absolute Gasteiger partial charge is 0.325 e. The molecule has 2 aromatic carbocycles. The normalized spacial score (nSPS) is 22.5. The van der Waals surface area contributed by atoms with Gasteiger partial charge in [0.25, 0.3) is 5.91 Å². The summed E-state index contributed by atoms with van der Waals surface area (Å²) in [5, 5.41) is 2.55. The van der Waals surface area contributed by atoms with Crippen LogP contribution >= 0.6 is 0 Å². The van der Waals surface area contributed by atoms with Crippen LogP contribution in [-0.4, -0.2) is 44.2 Å². The van der Waals surface area contributed by atoms with Crippen LogP contribution in [0.25, 0.3) is 0 Å². The van der Waals surface area contributed by atoms with Crippen molar-refractivity contribution >= 4 is 21.8 Å². The fraction of sp³-hybridized carbons (Fsp3) is 0.263. The maximum absolute atomic E-state index is 13.8. The number of carbonyl (C=O) groups excluding carboxylic acids is 2. The van der Waals surface area contributed by atoms with E-state index in [4.69, 9.17) is 4.74 Å². The quantitative estimate of drug-likeness (QED) is 0.601. The second kappa shape index (κ2) is 6.80. The van der Waals surface area contributed by atoms with Crippen molar-refractivity contribution in [3.63, 3.8) is 0 Å². The zero-order chi connectivity index (χ0) is 20.8. The SMILES string of the molecule is O=C1N[C@]2(CCS(=O)(=O)c3ccc(F)cc32)C(=O)N1CCOc1ccc(F)cc1. The Morgan fingerprint density at radius 3 is 2.48 bits per heavy atom. The molecule has 0 aromatic heterocycles. The lowest BCUT2D eigenvalue weighted by Gasteiger charge is -2.33. The molecule has 1 fully saturated rings. The van der Waals surface area contributed by atoms with Gasteiger partial charge in [-0.15, -0.1) is 0 Å². The maximum atomic E-state index is 13.8. The molecule has 1 spiro atoms. The van der Waals surface area contributed by atoms with Gasteiger partial charge >= 0.3 is 6.03 Å². The summed E-state index contributed by atoms with van der Waals surface area (Å²) in [5.41, 5.74) is -1.69. The summed E-state index contributed by atoms with van der Waals surface area (Å²) < 4.78 is 56.9. The highest BCUT2D eigenvalue weighted by Gasteiger charge is 2.56. The number of nitrogens with zero attached hydrogens (tertiary/aromatic N) is 1. The number of rotatable bonds is 4. The lowest BCUT2D eigenvalue weighted by atomic mass is 9.86. The number of urea groups is 1. The van der Waals surface area contributed by atoms with Crippen molar-refractivity contribution in [3.8, 4) is 5.75 Å². The van der Waals surface area contributed by atoms with Gasteiger partial charge in [0.2, 0.25) is 0 Å². The van der Waals surface area contributed by atoms with Gasteiger partial charge in [0.15, 0.2) is 9.84 Å². The van der Waals surface area contributed by atoms with E-state index in [0.29, 0.717) is 5.75 Å². The predicted octanol–water partition coefficient (Wildman–Crippen LogP) is 1.97. The molecule has 3 amide bonds. The molecule has 1 atom stereocenters. The summed E-state index contributed by atoms with van der Waals surface area (Å²) in [6.45, 7) is -0.156. The summed E-state index contributed by atoms with van der Waals surface area (Å²) in [6.07, 6.45) is -0.189. The lowest BCUT2D eigenvalue weighted by molar-refractivity contribution is -0.132. The van der Waals surface area contributed by atoms with Crippen molar-refractivity contribution in [2.24, 2.45) is 0 Å². The van der Waals surface area contributed by atoms with Crippen LogP contribution in [0.5, 0.6) is 5.75 Å². The number of hydrogen-bond acceptors (Lipinski definition) is 5. The van der Waals surface area contributed by atoms with E-state index in [1.54, 1.807) is 0 Å². The first-order valence-electron chi connectivity index (χ1n) is 8.78. The van der Waals surface area contributed by atoms with Gasteiger partial charge in [0.1, 0.15) is 29.5 Å². The van der Waals surface area contributed by atoms with Crippen molar-refractivity contribution in [2.45, 2.75) is 16.9 Å². The fourth-order valence-electron chi connectivity index (χ4n) is 3.61. The third-order valence-electron chi connectivity index (χ3n) is 5.06. The van der Waals surface area contributed by atoms with E-state index >= 15 is 0 Å². The minimum absolute atomic E-state index is 0.0464. The van der Waals surface area contributed by atoms with Crippen LogP contribution in [0.15, 0.2) is 47.4 Å². The average Bonchev–Trinajstić information content (AvgIpc) is 2.92. The molecule has 4 rings (SSSR count). The Morgan fingerprint density at radius 2 is 1.76 bits per heavy atom. The zero-order valence-corrected chi connectivity index (χ0v) is 15.8. The molecule has 1 N–H and O–H groups in total. The van der Waals surface area contributed by atoms with Gasteiger partial charge in [-0.25, -0.2) is 22.0 Å². The standard InChI is InChI=1S/C19H16F2N2O5S/c20-12-1-4-14(5-2-12)28-9-8-23-17(24)19(22-18(23)25)7-10-29(26,27)16-6-3-13(21)11-15(16)19/h1-6,11H,7-10H2,(H,22,25)/t19-/m0/s1. The van der Waals surface area contributed by atoms with E-state index in [0.717, 1.165) is 23.1 Å². The largest absolute Gasteiger partial charge is 0.492 e. The van der Waals surface area contributed by atoms with Crippen molar-refractivity contribution in [1.82, 2.24) is 10.2 Å². The zero-order valence-electron chi connectivity index (χ0n) is 15.0. The van der Waals surface area contributed by atoms with Gasteiger partial charge in [-0.1, -0.05) is 0 Å². The summed E-state index contributed by atoms with van der Waals surface area (Å²) >= 11 is 0. The predicted molar refractivity (Wildman–Crippen MR) is 96.9 cm³/mol. The Morgan fingerprint density at radius 1 is 1.07 bits per heavy atom. The minimum atomic E-state index is -3.68. The molecule has 0 saturated carbocycles. The summed E-state index contributed by atoms with van der Waals surface area (Å²) in [6, 6.07) is 7.63. The number of imide groups is 1. The van der Waals surface area contributed by atoms with Crippen molar-refractivity contribution in [2.75, 3.05) is 18.9 Å². The number of sulfone groups is 1. The van der Waals surface area contributed by atoms with Gasteiger partial charge in [-0.3, -0.25) is 9.69 Å². The van der Waals surface area contributed by atoms with Crippen LogP contribution in [0.3, 0.4) is 0 Å². The first-order valence-corrected chi connectivity index (χ1v) is 10.4. The number of benzene rings is 2. The highest BCUT2D eigenvalue weighted by molar-refractivity contribution is 7.91. The average molecular weight is 422 g/mol. The van der Waals surface area contributed by atoms with Gasteiger partial charge in [-0.05, 0) is 48.9 Å². The summed E-state index contributed by atoms with van der Waals surface area (Å²) in [7, 11) is -3.68. The van der Waals surface area contributed by atoms with E-state index in [9.17, 15) is 26.8 Å². The molecule has 2 heterocycles. The van der Waals surface area contributed by atoms with Gasteiger partial charge in [-0.2, -0.15) is 0 Å². The number of ether oxygens (including phenoxy) is 1. The Hall–Kier alpha value is -3.01. The molecule has 0 bridgehead atoms. The lowest BCUT2D eigenvalue weighted by Crippen LogP contribution is -2.49. The van der Waals surface area contributed by atoms with Crippen molar-refractivity contribution < 1.29 is 31.5 Å². The molecule has 7 nitrogen and oxygen atoms in total. The fourth-order valence-corrected chi connectivity index (χ4v) is 5.24. The van der Waals surface area contributed by atoms with Crippen LogP contribution in [0.1, 0.15) is 12.0 Å². The molecule has 0 radical (unpaired) electrons. The molecule has 10 heteroatoms. The van der Waals surface area contributed by atoms with E-state index in [2.05, 4.69) is 5.32 Å². The number of amides is 3. The van der Waals surface area contributed by atoms with Crippen molar-refractivity contribution in [3.05, 3.63) is 59.7 Å². The molecule has 2 aliphatic rings. The van der Waals surface area contributed by atoms with Crippen LogP contribution in [-0.2, 0) is 20.2 Å². The highest BCUT2D eigenvalue weighted by atomic mass is 32.2. The number of fused-ring (bicyclic) bond motifs is 2. The molecule has 29 heavy (non-hydrogen) atoms. The van der Waals surface area contributed by atoms with Crippen LogP contribution in [0.4, 0.5) is 13.6 Å². The highest BCUT2D eigenvalue weighted by Crippen LogP contribution is 2.41. The summed E-state index contributed by atoms with van der Waals surface area (Å²) in [4.78, 5) is 26.3. The Labute approximate surface area is 165 Å². The molecule has 1 saturated heterocycles. The molecular weight excluding hydrogens is 406 g/mol. The second-order valence-corrected chi connectivity index (χ2v) is 8.88. The molecular formula is C19H16F2N2O5S. The molecule has 2 aliphatic heterocycles. The number of carbonyl (C=O) groups is 2. The minimum Gasteiger partial charge on any atom is -0.492 e. The van der Waals surface area contributed by atoms with E-state index < -0.39 is 38.9 Å². The second-order valence-electron chi connectivity index (χ2n) is 6.80. The van der Waals surface area contributed by atoms with Crippen molar-refractivity contribution in [1.29, 1.82) is 0 Å². The van der Waals surface area contributed by atoms with Crippen LogP contribution < -0.4 is 10.1 Å². The molecule has 2 aromatic rings. The third-order valence-corrected chi connectivity index (χ3v) is 6.82. The Balaban J connectivity index is 1.58. The van der Waals surface area contributed by atoms with Crippen LogP contribution in [0, 0.1) is 11.6 Å². The topological polar surface area (TPSA) is 92.8 Å². The Bertz CT molecular complexity index is 1100. The number of hydrogen-bond donors (Lipinski definition) is 1. The van der Waals surface area contributed by atoms with E-state index in [1.807, 2.05) is 0 Å². The van der Waals surface area contributed by atoms with Gasteiger partial charge < -0.3 is 10.1 Å². The van der Waals surface area contributed by atoms with E-state index in [-0.39, 0.29) is 35.8 Å². The molecule has 152 valence electrons. The monoisotopic (exact) mass is 422 g/mol. The first kappa shape index (κ1) is 19.3. The number of nitrogens with one attached hydrogen (secondary N) is 1. The van der Waals surface area contributed by atoms with Gasteiger partial charge in [0, 0.05) is 5.56 Å². The van der Waals surface area contributed by atoms with Crippen LogP contribution in [0.2, 0.25) is 0 Å². The maximum Gasteiger partial charge on any atom is 0.325 e. The van der Waals surface area contributed by atoms with E-state index in [1.165, 1.54) is 24.3 Å². The number of halogens is 2. The van der Waals surface area contributed by atoms with Gasteiger partial charge in [0.05, 0.1) is 17.2 Å². The first-order chi connectivity index (χ1) is 13.7.